The molecule has 1 amide bonds. The van der Waals surface area contributed by atoms with Crippen molar-refractivity contribution >= 4 is 22.9 Å². The summed E-state index contributed by atoms with van der Waals surface area (Å²) in [6.45, 7) is 1.14. The van der Waals surface area contributed by atoms with Crippen LogP contribution in [-0.2, 0) is 14.5 Å². The largest absolute Gasteiger partial charge is 0.341 e. The second-order valence-electron chi connectivity index (χ2n) is 6.89. The molecule has 2 aromatic rings. The molecule has 1 fully saturated rings. The molecule has 29 heavy (non-hydrogen) atoms. The van der Waals surface area contributed by atoms with Crippen LogP contribution < -0.4 is 11.4 Å². The number of thiazole rings is 1. The monoisotopic (exact) mass is 422 g/mol. The van der Waals surface area contributed by atoms with Crippen LogP contribution in [-0.4, -0.2) is 35.5 Å². The number of aromatic nitrogens is 1. The van der Waals surface area contributed by atoms with Gasteiger partial charge in [0.05, 0.1) is 22.0 Å². The first kappa shape index (κ1) is 19.9. The van der Waals surface area contributed by atoms with E-state index in [1.54, 1.807) is 11.0 Å². The molecule has 2 aliphatic rings. The van der Waals surface area contributed by atoms with E-state index in [0.29, 0.717) is 24.5 Å². The third-order valence-corrected chi connectivity index (χ3v) is 6.11. The number of nitrogens with two attached hydrogens (primary N) is 1. The number of nitrogens with zero attached hydrogens (tertiary/aromatic N) is 2. The molecule has 10 heteroatoms. The molecule has 3 N–H and O–H groups in total. The minimum absolute atomic E-state index is 0.115. The van der Waals surface area contributed by atoms with E-state index in [1.807, 2.05) is 5.38 Å². The van der Waals surface area contributed by atoms with Gasteiger partial charge in [0.2, 0.25) is 0 Å². The Labute approximate surface area is 170 Å². The first-order chi connectivity index (χ1) is 14.1. The van der Waals surface area contributed by atoms with E-state index in [1.165, 1.54) is 29.5 Å². The molecule has 4 rings (SSSR count). The fourth-order valence-electron chi connectivity index (χ4n) is 3.55. The quantitative estimate of drug-likeness (QED) is 0.720. The molecule has 1 atom stereocenters. The summed E-state index contributed by atoms with van der Waals surface area (Å²) >= 11 is 1.52. The molecule has 0 bridgehead atoms. The van der Waals surface area contributed by atoms with E-state index in [0.717, 1.165) is 17.8 Å². The number of nitrogens with one attached hydrogen (secondary N) is 1. The zero-order chi connectivity index (χ0) is 20.4. The molecule has 0 saturated carbocycles. The Kier molecular flexibility index (Phi) is 5.86. The van der Waals surface area contributed by atoms with Crippen molar-refractivity contribution in [2.24, 2.45) is 5.90 Å². The summed E-state index contributed by atoms with van der Waals surface area (Å²) in [6, 6.07) is 3.71. The summed E-state index contributed by atoms with van der Waals surface area (Å²) in [5.41, 5.74) is 3.83. The molecule has 0 spiro atoms. The van der Waals surface area contributed by atoms with Crippen LogP contribution in [0.3, 0.4) is 0 Å². The van der Waals surface area contributed by atoms with Gasteiger partial charge in [0.25, 0.3) is 5.91 Å². The van der Waals surface area contributed by atoms with Crippen LogP contribution in [0.5, 0.6) is 0 Å². The zero-order valence-corrected chi connectivity index (χ0v) is 16.3. The molecular weight excluding hydrogens is 402 g/mol. The van der Waals surface area contributed by atoms with Gasteiger partial charge in [0.1, 0.15) is 24.3 Å². The van der Waals surface area contributed by atoms with Gasteiger partial charge in [-0.05, 0) is 31.1 Å². The molecule has 1 aromatic carbocycles. The smallest absolute Gasteiger partial charge is 0.250 e. The van der Waals surface area contributed by atoms with E-state index < -0.39 is 17.7 Å². The number of carbonyl (C=O) groups excluding carboxylic acids is 1. The molecule has 7 nitrogen and oxygen atoms in total. The van der Waals surface area contributed by atoms with Gasteiger partial charge in [-0.1, -0.05) is 6.07 Å². The van der Waals surface area contributed by atoms with Crippen molar-refractivity contribution in [3.63, 3.8) is 0 Å². The summed E-state index contributed by atoms with van der Waals surface area (Å²) < 4.78 is 28.0. The van der Waals surface area contributed by atoms with Gasteiger partial charge >= 0.3 is 0 Å². The van der Waals surface area contributed by atoms with Crippen LogP contribution in [0.1, 0.15) is 41.1 Å². The maximum absolute atomic E-state index is 14.0. The first-order valence-corrected chi connectivity index (χ1v) is 10.1. The minimum Gasteiger partial charge on any atom is -0.341 e. The van der Waals surface area contributed by atoms with Crippen molar-refractivity contribution in [2.75, 3.05) is 19.7 Å². The Morgan fingerprint density at radius 2 is 2.07 bits per heavy atom. The van der Waals surface area contributed by atoms with Gasteiger partial charge in [-0.25, -0.2) is 19.7 Å². The highest BCUT2D eigenvalue weighted by atomic mass is 32.1. The lowest BCUT2D eigenvalue weighted by Gasteiger charge is -2.30. The number of benzene rings is 1. The zero-order valence-electron chi connectivity index (χ0n) is 15.4. The van der Waals surface area contributed by atoms with Crippen molar-refractivity contribution in [1.29, 1.82) is 0 Å². The highest BCUT2D eigenvalue weighted by Crippen LogP contribution is 2.35. The second-order valence-corrected chi connectivity index (χ2v) is 7.78. The van der Waals surface area contributed by atoms with Crippen LogP contribution in [0.15, 0.2) is 29.7 Å². The number of hydrogen-bond donors (Lipinski definition) is 2. The molecule has 0 radical (unpaired) electrons. The highest BCUT2D eigenvalue weighted by molar-refractivity contribution is 7.09. The molecule has 1 aromatic heterocycles. The third-order valence-electron chi connectivity index (χ3n) is 5.10. The van der Waals surface area contributed by atoms with Crippen LogP contribution in [0.4, 0.5) is 8.78 Å². The standard InChI is InChI=1S/C19H20F2N4O3S/c20-12-2-1-3-13(21)18(12)16-8-14(24-28-16)15-10-29-19(23-15)11-4-6-25(7-5-11)17(26)9-27-22/h1-3,8,10-11,16,24H,4-7,9,22H2. The Balaban J connectivity index is 1.43. The Bertz CT molecular complexity index is 908. The van der Waals surface area contributed by atoms with E-state index in [-0.39, 0.29) is 24.0 Å². The van der Waals surface area contributed by atoms with Crippen LogP contribution in [0.2, 0.25) is 0 Å². The summed E-state index contributed by atoms with van der Waals surface area (Å²) in [5.74, 6) is 3.78. The SMILES string of the molecule is NOCC(=O)N1CCC(c2nc(C3=CC(c4c(F)cccc4F)ON3)cs2)CC1. The molecule has 0 aliphatic carbocycles. The normalized spacial score (nSPS) is 19.9. The number of rotatable bonds is 5. The molecule has 1 saturated heterocycles. The van der Waals surface area contributed by atoms with Crippen molar-refractivity contribution in [3.8, 4) is 0 Å². The number of hydrogen-bond acceptors (Lipinski definition) is 7. The summed E-state index contributed by atoms with van der Waals surface area (Å²) in [5, 5.41) is 2.85. The number of halogens is 2. The van der Waals surface area contributed by atoms with Gasteiger partial charge in [0, 0.05) is 24.4 Å². The predicted octanol–water partition coefficient (Wildman–Crippen LogP) is 2.63. The maximum Gasteiger partial charge on any atom is 0.250 e. The van der Waals surface area contributed by atoms with E-state index in [4.69, 9.17) is 10.7 Å². The first-order valence-electron chi connectivity index (χ1n) is 9.19. The second kappa shape index (κ2) is 8.54. The Morgan fingerprint density at radius 1 is 1.34 bits per heavy atom. The van der Waals surface area contributed by atoms with Crippen molar-refractivity contribution < 1.29 is 23.3 Å². The lowest BCUT2D eigenvalue weighted by atomic mass is 9.97. The number of hydroxylamine groups is 1. The summed E-state index contributed by atoms with van der Waals surface area (Å²) in [4.78, 5) is 28.0. The number of carbonyl (C=O) groups is 1. The molecular formula is C19H20F2N4O3S. The third kappa shape index (κ3) is 4.15. The average molecular weight is 422 g/mol. The fraction of sp³-hybridized carbons (Fsp3) is 0.368. The van der Waals surface area contributed by atoms with Crippen LogP contribution in [0.25, 0.3) is 5.70 Å². The maximum atomic E-state index is 14.0. The van der Waals surface area contributed by atoms with Crippen LogP contribution >= 0.6 is 11.3 Å². The summed E-state index contributed by atoms with van der Waals surface area (Å²) in [7, 11) is 0. The van der Waals surface area contributed by atoms with Crippen molar-refractivity contribution in [3.05, 3.63) is 57.6 Å². The van der Waals surface area contributed by atoms with E-state index in [9.17, 15) is 13.6 Å². The summed E-state index contributed by atoms with van der Waals surface area (Å²) in [6.07, 6.45) is 2.36. The Morgan fingerprint density at radius 3 is 2.76 bits per heavy atom. The predicted molar refractivity (Wildman–Crippen MR) is 102 cm³/mol. The Hall–Kier alpha value is -2.40. The van der Waals surface area contributed by atoms with Gasteiger partial charge in [-0.15, -0.1) is 11.3 Å². The lowest BCUT2D eigenvalue weighted by molar-refractivity contribution is -0.137. The molecule has 3 heterocycles. The lowest BCUT2D eigenvalue weighted by Crippen LogP contribution is -2.40. The number of likely N-dealkylation sites (tertiary alicyclic amines) is 1. The van der Waals surface area contributed by atoms with Gasteiger partial charge in [-0.3, -0.25) is 19.9 Å². The van der Waals surface area contributed by atoms with E-state index >= 15 is 0 Å². The average Bonchev–Trinajstić information content (AvgIpc) is 3.38. The van der Waals surface area contributed by atoms with Crippen LogP contribution in [0, 0.1) is 11.6 Å². The van der Waals surface area contributed by atoms with Gasteiger partial charge < -0.3 is 4.90 Å². The van der Waals surface area contributed by atoms with E-state index in [2.05, 4.69) is 15.3 Å². The van der Waals surface area contributed by atoms with Gasteiger partial charge in [0.15, 0.2) is 0 Å². The fourth-order valence-corrected chi connectivity index (χ4v) is 4.54. The number of amides is 1. The highest BCUT2D eigenvalue weighted by Gasteiger charge is 2.28. The minimum atomic E-state index is -0.865. The molecule has 2 aliphatic heterocycles. The topological polar surface area (TPSA) is 89.7 Å². The van der Waals surface area contributed by atoms with Gasteiger partial charge in [-0.2, -0.15) is 0 Å². The van der Waals surface area contributed by atoms with Crippen molar-refractivity contribution in [1.82, 2.24) is 15.4 Å². The molecule has 154 valence electrons. The molecule has 1 unspecified atom stereocenters. The van der Waals surface area contributed by atoms with Crippen molar-refractivity contribution in [2.45, 2.75) is 24.9 Å². The number of piperidine rings is 1.